The van der Waals surface area contributed by atoms with Crippen molar-refractivity contribution < 1.29 is 19.4 Å². The average Bonchev–Trinajstić information content (AvgIpc) is 3.44. The molecule has 1 aromatic heterocycles. The van der Waals surface area contributed by atoms with E-state index in [-0.39, 0.29) is 24.9 Å². The maximum Gasteiger partial charge on any atom is 0.305 e. The molecule has 1 fully saturated rings. The molecule has 0 saturated heterocycles. The molecule has 0 unspecified atom stereocenters. The first kappa shape index (κ1) is 18.2. The zero-order valence-electron chi connectivity index (χ0n) is 15.4. The molecule has 0 atom stereocenters. The first-order valence-corrected chi connectivity index (χ1v) is 8.92. The molecule has 1 aromatic carbocycles. The number of carboxylic acids is 1. The highest BCUT2D eigenvalue weighted by atomic mass is 16.5. The van der Waals surface area contributed by atoms with Gasteiger partial charge in [0.2, 0.25) is 0 Å². The average molecular weight is 356 g/mol. The molecule has 1 aliphatic rings. The molecule has 1 aliphatic carbocycles. The maximum absolute atomic E-state index is 13.3. The zero-order chi connectivity index (χ0) is 18.8. The number of ether oxygens (including phenoxy) is 1. The topological polar surface area (TPSA) is 79.7 Å². The van der Waals surface area contributed by atoms with Crippen molar-refractivity contribution in [2.24, 2.45) is 0 Å². The monoisotopic (exact) mass is 356 g/mol. The number of hydrogen-bond donors (Lipinski definition) is 1. The van der Waals surface area contributed by atoms with Crippen molar-refractivity contribution in [3.05, 3.63) is 35.5 Å². The Morgan fingerprint density at radius 1 is 1.31 bits per heavy atom. The fourth-order valence-electron chi connectivity index (χ4n) is 3.08. The van der Waals surface area contributed by atoms with E-state index in [4.69, 9.17) is 14.8 Å². The number of hydrogen-bond acceptors (Lipinski definition) is 4. The molecule has 1 saturated carbocycles. The number of aromatic nitrogens is 1. The van der Waals surface area contributed by atoms with Gasteiger partial charge in [0.15, 0.2) is 0 Å². The Balaban J connectivity index is 2.07. The van der Waals surface area contributed by atoms with Gasteiger partial charge in [-0.15, -0.1) is 0 Å². The molecule has 3 rings (SSSR count). The number of benzene rings is 1. The van der Waals surface area contributed by atoms with Crippen molar-refractivity contribution in [1.82, 2.24) is 9.88 Å². The van der Waals surface area contributed by atoms with E-state index in [2.05, 4.69) is 0 Å². The summed E-state index contributed by atoms with van der Waals surface area (Å²) in [6.07, 6.45) is 2.11. The molecule has 0 radical (unpaired) electrons. The fourth-order valence-corrected chi connectivity index (χ4v) is 3.08. The Kier molecular flexibility index (Phi) is 5.11. The lowest BCUT2D eigenvalue weighted by Crippen LogP contribution is -2.38. The van der Waals surface area contributed by atoms with Crippen molar-refractivity contribution in [3.8, 4) is 5.75 Å². The van der Waals surface area contributed by atoms with E-state index in [0.29, 0.717) is 17.2 Å². The summed E-state index contributed by atoms with van der Waals surface area (Å²) < 4.78 is 5.30. The highest BCUT2D eigenvalue weighted by molar-refractivity contribution is 6.06. The van der Waals surface area contributed by atoms with Crippen molar-refractivity contribution in [1.29, 1.82) is 0 Å². The van der Waals surface area contributed by atoms with Gasteiger partial charge in [-0.2, -0.15) is 0 Å². The highest BCUT2D eigenvalue weighted by Crippen LogP contribution is 2.40. The fraction of sp³-hybridized carbons (Fsp3) is 0.450. The summed E-state index contributed by atoms with van der Waals surface area (Å²) in [5.74, 6) is 0.000837. The van der Waals surface area contributed by atoms with Crippen LogP contribution in [0.5, 0.6) is 5.75 Å². The van der Waals surface area contributed by atoms with Crippen LogP contribution in [0, 0.1) is 0 Å². The molecular weight excluding hydrogens is 332 g/mol. The van der Waals surface area contributed by atoms with Crippen LogP contribution in [0.15, 0.2) is 24.3 Å². The van der Waals surface area contributed by atoms with Gasteiger partial charge in [0.05, 0.1) is 24.6 Å². The number of carbonyl (C=O) groups is 2. The number of fused-ring (bicyclic) bond motifs is 1. The predicted molar refractivity (Wildman–Crippen MR) is 98.7 cm³/mol. The number of carboxylic acid groups (broad SMARTS) is 1. The van der Waals surface area contributed by atoms with Crippen molar-refractivity contribution in [2.45, 2.75) is 45.1 Å². The number of aliphatic carboxylic acids is 1. The third kappa shape index (κ3) is 3.79. The minimum absolute atomic E-state index is 0.0776. The van der Waals surface area contributed by atoms with Crippen molar-refractivity contribution >= 4 is 22.8 Å². The maximum atomic E-state index is 13.3. The quantitative estimate of drug-likeness (QED) is 0.822. The van der Waals surface area contributed by atoms with Crippen LogP contribution in [0.4, 0.5) is 0 Å². The number of nitrogens with zero attached hydrogens (tertiary/aromatic N) is 2. The highest BCUT2D eigenvalue weighted by Gasteiger charge is 2.28. The van der Waals surface area contributed by atoms with E-state index in [1.165, 1.54) is 0 Å². The van der Waals surface area contributed by atoms with Gasteiger partial charge < -0.3 is 14.7 Å². The van der Waals surface area contributed by atoms with Gasteiger partial charge in [-0.05, 0) is 51.0 Å². The van der Waals surface area contributed by atoms with Gasteiger partial charge >= 0.3 is 5.97 Å². The number of pyridine rings is 1. The van der Waals surface area contributed by atoms with E-state index in [1.54, 1.807) is 12.0 Å². The SMILES string of the molecule is COc1ccc2nc(C3CC3)cc(C(=O)N(CCC(=O)O)C(C)C)c2c1. The van der Waals surface area contributed by atoms with Crippen LogP contribution in [0.25, 0.3) is 10.9 Å². The van der Waals surface area contributed by atoms with Crippen molar-refractivity contribution in [3.63, 3.8) is 0 Å². The van der Waals surface area contributed by atoms with Crippen LogP contribution in [-0.2, 0) is 4.79 Å². The Morgan fingerprint density at radius 2 is 2.04 bits per heavy atom. The van der Waals surface area contributed by atoms with E-state index in [1.807, 2.05) is 38.1 Å². The summed E-state index contributed by atoms with van der Waals surface area (Å²) in [7, 11) is 1.59. The number of carbonyl (C=O) groups excluding carboxylic acids is 1. The van der Waals surface area contributed by atoms with Crippen LogP contribution < -0.4 is 4.74 Å². The molecule has 6 heteroatoms. The minimum Gasteiger partial charge on any atom is -0.497 e. The molecule has 1 N–H and O–H groups in total. The number of methoxy groups -OCH3 is 1. The van der Waals surface area contributed by atoms with Gasteiger partial charge in [-0.25, -0.2) is 0 Å². The van der Waals surface area contributed by atoms with Crippen LogP contribution in [0.1, 0.15) is 55.1 Å². The third-order valence-electron chi connectivity index (χ3n) is 4.71. The van der Waals surface area contributed by atoms with Gasteiger partial charge in [0.1, 0.15) is 5.75 Å². The lowest BCUT2D eigenvalue weighted by molar-refractivity contribution is -0.137. The van der Waals surface area contributed by atoms with E-state index in [0.717, 1.165) is 29.4 Å². The lowest BCUT2D eigenvalue weighted by Gasteiger charge is -2.27. The molecule has 0 spiro atoms. The molecule has 0 aliphatic heterocycles. The molecule has 2 aromatic rings. The Morgan fingerprint density at radius 3 is 2.62 bits per heavy atom. The summed E-state index contributed by atoms with van der Waals surface area (Å²) in [5, 5.41) is 9.73. The summed E-state index contributed by atoms with van der Waals surface area (Å²) in [5.41, 5.74) is 2.27. The normalized spacial score (nSPS) is 13.8. The second-order valence-electron chi connectivity index (χ2n) is 6.99. The smallest absolute Gasteiger partial charge is 0.305 e. The van der Waals surface area contributed by atoms with Gasteiger partial charge in [-0.3, -0.25) is 14.6 Å². The first-order valence-electron chi connectivity index (χ1n) is 8.92. The predicted octanol–water partition coefficient (Wildman–Crippen LogP) is 3.45. The number of rotatable bonds is 7. The molecule has 0 bridgehead atoms. The second-order valence-corrected chi connectivity index (χ2v) is 6.99. The minimum atomic E-state index is -0.914. The van der Waals surface area contributed by atoms with Crippen LogP contribution in [0.2, 0.25) is 0 Å². The van der Waals surface area contributed by atoms with Gasteiger partial charge in [0.25, 0.3) is 5.91 Å². The van der Waals surface area contributed by atoms with Crippen molar-refractivity contribution in [2.75, 3.05) is 13.7 Å². The molecule has 6 nitrogen and oxygen atoms in total. The van der Waals surface area contributed by atoms with Gasteiger partial charge in [0, 0.05) is 29.6 Å². The standard InChI is InChI=1S/C20H24N2O4/c1-12(2)22(9-8-19(23)24)20(25)16-11-18(13-4-5-13)21-17-7-6-14(26-3)10-15(16)17/h6-7,10-13H,4-5,8-9H2,1-3H3,(H,23,24). The molecular formula is C20H24N2O4. The Labute approximate surface area is 152 Å². The van der Waals surface area contributed by atoms with Crippen LogP contribution in [-0.4, -0.2) is 46.6 Å². The summed E-state index contributed by atoms with van der Waals surface area (Å²) >= 11 is 0. The third-order valence-corrected chi connectivity index (χ3v) is 4.71. The lowest BCUT2D eigenvalue weighted by atomic mass is 10.0. The van der Waals surface area contributed by atoms with Gasteiger partial charge in [-0.1, -0.05) is 0 Å². The van der Waals surface area contributed by atoms with E-state index < -0.39 is 5.97 Å². The van der Waals surface area contributed by atoms with E-state index >= 15 is 0 Å². The Bertz CT molecular complexity index is 843. The number of amides is 1. The largest absolute Gasteiger partial charge is 0.497 e. The molecule has 1 amide bonds. The molecule has 26 heavy (non-hydrogen) atoms. The second kappa shape index (κ2) is 7.32. The summed E-state index contributed by atoms with van der Waals surface area (Å²) in [6.45, 7) is 3.97. The Hall–Kier alpha value is -2.63. The van der Waals surface area contributed by atoms with E-state index in [9.17, 15) is 9.59 Å². The molecule has 1 heterocycles. The molecule has 138 valence electrons. The zero-order valence-corrected chi connectivity index (χ0v) is 15.4. The van der Waals surface area contributed by atoms with Crippen LogP contribution in [0.3, 0.4) is 0 Å². The summed E-state index contributed by atoms with van der Waals surface area (Å²) in [6, 6.07) is 7.30. The first-order chi connectivity index (χ1) is 12.4. The summed E-state index contributed by atoms with van der Waals surface area (Å²) in [4.78, 5) is 30.6. The van der Waals surface area contributed by atoms with Crippen LogP contribution >= 0.6 is 0 Å².